The summed E-state index contributed by atoms with van der Waals surface area (Å²) in [4.78, 5) is 13.7. The van der Waals surface area contributed by atoms with E-state index in [1.165, 1.54) is 6.33 Å². The third-order valence-corrected chi connectivity index (χ3v) is 2.43. The van der Waals surface area contributed by atoms with Crippen molar-refractivity contribution in [2.75, 3.05) is 5.32 Å². The van der Waals surface area contributed by atoms with Gasteiger partial charge in [0.2, 0.25) is 0 Å². The van der Waals surface area contributed by atoms with Crippen LogP contribution in [-0.4, -0.2) is 20.1 Å². The molecule has 0 aliphatic heterocycles. The van der Waals surface area contributed by atoms with Crippen LogP contribution in [0, 0.1) is 10.1 Å². The lowest BCUT2D eigenvalue weighted by atomic mass is 10.1. The summed E-state index contributed by atoms with van der Waals surface area (Å²) in [6.45, 7) is 0.0756. The van der Waals surface area contributed by atoms with Crippen LogP contribution in [0.3, 0.4) is 0 Å². The fraction of sp³-hybridized carbons (Fsp3) is 0.200. The number of nitro benzene ring substituents is 1. The fourth-order valence-electron chi connectivity index (χ4n) is 1.50. The van der Waals surface area contributed by atoms with Crippen molar-refractivity contribution in [2.45, 2.75) is 12.7 Å². The van der Waals surface area contributed by atoms with E-state index in [0.29, 0.717) is 11.9 Å². The van der Waals surface area contributed by atoms with Crippen molar-refractivity contribution in [1.29, 1.82) is 0 Å². The number of alkyl halides is 3. The smallest absolute Gasteiger partial charge is 0.372 e. The predicted molar refractivity (Wildman–Crippen MR) is 61.8 cm³/mol. The number of hydrogen-bond donors (Lipinski definition) is 2. The molecular weight excluding hydrogens is 279 g/mol. The lowest BCUT2D eigenvalue weighted by molar-refractivity contribution is -0.384. The van der Waals surface area contributed by atoms with Crippen molar-refractivity contribution in [3.8, 4) is 0 Å². The number of halogens is 3. The molecule has 0 amide bonds. The molecule has 10 heteroatoms. The fourth-order valence-corrected chi connectivity index (χ4v) is 1.50. The second-order valence-corrected chi connectivity index (χ2v) is 3.77. The number of anilines is 1. The number of aromatic nitrogens is 3. The number of aromatic amines is 1. The molecule has 0 unspecified atom stereocenters. The predicted octanol–water partition coefficient (Wildman–Crippen LogP) is 2.34. The Morgan fingerprint density at radius 3 is 2.70 bits per heavy atom. The van der Waals surface area contributed by atoms with Crippen LogP contribution in [0.15, 0.2) is 24.5 Å². The van der Waals surface area contributed by atoms with Gasteiger partial charge in [-0.1, -0.05) is 0 Å². The number of H-pyrrole nitrogens is 1. The highest BCUT2D eigenvalue weighted by atomic mass is 19.4. The molecule has 0 aliphatic carbocycles. The topological polar surface area (TPSA) is 96.7 Å². The summed E-state index contributed by atoms with van der Waals surface area (Å²) in [6.07, 6.45) is -3.38. The second kappa shape index (κ2) is 5.15. The average molecular weight is 287 g/mol. The summed E-state index contributed by atoms with van der Waals surface area (Å²) in [7, 11) is 0. The first-order chi connectivity index (χ1) is 9.38. The van der Waals surface area contributed by atoms with Crippen molar-refractivity contribution < 1.29 is 18.1 Å². The normalized spacial score (nSPS) is 11.3. The molecule has 2 rings (SSSR count). The van der Waals surface area contributed by atoms with Gasteiger partial charge in [0.25, 0.3) is 5.69 Å². The van der Waals surface area contributed by atoms with E-state index in [-0.39, 0.29) is 12.2 Å². The van der Waals surface area contributed by atoms with Crippen LogP contribution in [0.5, 0.6) is 0 Å². The number of hydrogen-bond acceptors (Lipinski definition) is 5. The molecule has 1 aromatic carbocycles. The van der Waals surface area contributed by atoms with E-state index in [4.69, 9.17) is 0 Å². The Labute approximate surface area is 110 Å². The lowest BCUT2D eigenvalue weighted by Gasteiger charge is -2.09. The summed E-state index contributed by atoms with van der Waals surface area (Å²) in [5.74, 6) is 0.402. The van der Waals surface area contributed by atoms with Crippen LogP contribution in [0.25, 0.3) is 0 Å². The molecule has 2 aromatic rings. The van der Waals surface area contributed by atoms with Gasteiger partial charge >= 0.3 is 6.18 Å². The van der Waals surface area contributed by atoms with Crippen LogP contribution in [0.2, 0.25) is 0 Å². The minimum Gasteiger partial charge on any atom is -0.372 e. The summed E-state index contributed by atoms with van der Waals surface area (Å²) in [5.41, 5.74) is -1.76. The molecule has 0 saturated heterocycles. The minimum atomic E-state index is -4.63. The highest BCUT2D eigenvalue weighted by Crippen LogP contribution is 2.34. The molecular formula is C10H8F3N5O2. The maximum absolute atomic E-state index is 12.5. The van der Waals surface area contributed by atoms with Gasteiger partial charge in [-0.05, 0) is 12.1 Å². The first-order valence-electron chi connectivity index (χ1n) is 5.31. The Hall–Kier alpha value is -2.65. The Kier molecular flexibility index (Phi) is 3.55. The van der Waals surface area contributed by atoms with Crippen LogP contribution in [0.4, 0.5) is 24.5 Å². The molecule has 0 atom stereocenters. The molecule has 0 radical (unpaired) electrons. The molecule has 7 nitrogen and oxygen atoms in total. The third kappa shape index (κ3) is 3.02. The number of nitrogens with one attached hydrogen (secondary N) is 2. The lowest BCUT2D eigenvalue weighted by Crippen LogP contribution is -2.08. The third-order valence-electron chi connectivity index (χ3n) is 2.43. The van der Waals surface area contributed by atoms with Crippen LogP contribution in [0.1, 0.15) is 11.4 Å². The average Bonchev–Trinajstić information content (AvgIpc) is 2.88. The van der Waals surface area contributed by atoms with Crippen LogP contribution >= 0.6 is 0 Å². The van der Waals surface area contributed by atoms with E-state index < -0.39 is 22.4 Å². The number of benzene rings is 1. The first kappa shape index (κ1) is 13.8. The number of nitrogens with zero attached hydrogens (tertiary/aromatic N) is 3. The molecule has 106 valence electrons. The zero-order valence-electron chi connectivity index (χ0n) is 9.81. The molecule has 0 spiro atoms. The summed E-state index contributed by atoms with van der Waals surface area (Å²) < 4.78 is 37.5. The van der Waals surface area contributed by atoms with Crippen molar-refractivity contribution >= 4 is 11.4 Å². The Bertz CT molecular complexity index is 612. The summed E-state index contributed by atoms with van der Waals surface area (Å²) in [6, 6.07) is 2.27. The molecule has 1 heterocycles. The van der Waals surface area contributed by atoms with Gasteiger partial charge < -0.3 is 5.32 Å². The zero-order valence-corrected chi connectivity index (χ0v) is 9.81. The first-order valence-corrected chi connectivity index (χ1v) is 5.31. The van der Waals surface area contributed by atoms with E-state index in [1.807, 2.05) is 0 Å². The molecule has 0 bridgehead atoms. The highest BCUT2D eigenvalue weighted by Gasteiger charge is 2.33. The van der Waals surface area contributed by atoms with Crippen LogP contribution in [-0.2, 0) is 12.7 Å². The Morgan fingerprint density at radius 1 is 1.40 bits per heavy atom. The van der Waals surface area contributed by atoms with Gasteiger partial charge in [-0.15, -0.1) is 0 Å². The molecule has 0 fully saturated rings. The maximum atomic E-state index is 12.5. The number of rotatable bonds is 4. The highest BCUT2D eigenvalue weighted by molar-refractivity contribution is 5.62. The van der Waals surface area contributed by atoms with Gasteiger partial charge in [-0.3, -0.25) is 15.2 Å². The summed E-state index contributed by atoms with van der Waals surface area (Å²) in [5, 5.41) is 19.6. The molecule has 0 saturated carbocycles. The van der Waals surface area contributed by atoms with Gasteiger partial charge in [0, 0.05) is 6.07 Å². The zero-order chi connectivity index (χ0) is 14.8. The van der Waals surface area contributed by atoms with E-state index in [1.54, 1.807) is 0 Å². The SMILES string of the molecule is O=[N+]([O-])c1cc(C(F)(F)F)ccc1NCc1ncn[nH]1. The Morgan fingerprint density at radius 2 is 2.15 bits per heavy atom. The molecule has 2 N–H and O–H groups in total. The maximum Gasteiger partial charge on any atom is 0.416 e. The Balaban J connectivity index is 2.26. The van der Waals surface area contributed by atoms with Crippen molar-refractivity contribution in [2.24, 2.45) is 0 Å². The van der Waals surface area contributed by atoms with E-state index in [2.05, 4.69) is 20.5 Å². The minimum absolute atomic E-state index is 0.0283. The van der Waals surface area contributed by atoms with Gasteiger partial charge in [-0.2, -0.15) is 18.3 Å². The molecule has 20 heavy (non-hydrogen) atoms. The van der Waals surface area contributed by atoms with Crippen molar-refractivity contribution in [1.82, 2.24) is 15.2 Å². The summed E-state index contributed by atoms with van der Waals surface area (Å²) >= 11 is 0. The van der Waals surface area contributed by atoms with E-state index in [0.717, 1.165) is 12.1 Å². The number of nitro groups is 1. The van der Waals surface area contributed by atoms with Gasteiger partial charge in [0.1, 0.15) is 17.8 Å². The quantitative estimate of drug-likeness (QED) is 0.664. The standard InChI is InChI=1S/C10H8F3N5O2/c11-10(12,13)6-1-2-7(8(3-6)18(19)20)14-4-9-15-5-16-17-9/h1-3,5,14H,4H2,(H,15,16,17). The van der Waals surface area contributed by atoms with Crippen molar-refractivity contribution in [3.63, 3.8) is 0 Å². The van der Waals surface area contributed by atoms with Gasteiger partial charge in [0.15, 0.2) is 0 Å². The largest absolute Gasteiger partial charge is 0.416 e. The molecule has 1 aromatic heterocycles. The second-order valence-electron chi connectivity index (χ2n) is 3.77. The monoisotopic (exact) mass is 287 g/mol. The van der Waals surface area contributed by atoms with Gasteiger partial charge in [0.05, 0.1) is 17.0 Å². The van der Waals surface area contributed by atoms with Crippen LogP contribution < -0.4 is 5.32 Å². The molecule has 0 aliphatic rings. The van der Waals surface area contributed by atoms with Crippen molar-refractivity contribution in [3.05, 3.63) is 46.0 Å². The van der Waals surface area contributed by atoms with E-state index in [9.17, 15) is 23.3 Å². The van der Waals surface area contributed by atoms with Gasteiger partial charge in [-0.25, -0.2) is 4.98 Å². The van der Waals surface area contributed by atoms with E-state index >= 15 is 0 Å².